The van der Waals surface area contributed by atoms with Gasteiger partial charge in [-0.3, -0.25) is 4.90 Å². The Labute approximate surface area is 184 Å². The summed E-state index contributed by atoms with van der Waals surface area (Å²) in [6.45, 7) is 7.17. The van der Waals surface area contributed by atoms with Crippen LogP contribution in [0.4, 0.5) is 0 Å². The molecule has 3 nitrogen and oxygen atoms in total. The van der Waals surface area contributed by atoms with E-state index in [4.69, 9.17) is 4.74 Å². The number of nitrogens with zero attached hydrogens (tertiary/aromatic N) is 2. The maximum atomic E-state index is 5.68. The van der Waals surface area contributed by atoms with E-state index in [-0.39, 0.29) is 0 Å². The van der Waals surface area contributed by atoms with Crippen LogP contribution in [0.3, 0.4) is 0 Å². The highest BCUT2D eigenvalue weighted by atomic mass is 16.5. The minimum absolute atomic E-state index is 0.710. The van der Waals surface area contributed by atoms with Crippen molar-refractivity contribution in [2.24, 2.45) is 34.5 Å². The third kappa shape index (κ3) is 2.86. The molecule has 2 saturated heterocycles. The third-order valence-electron chi connectivity index (χ3n) is 11.8. The SMILES string of the molecule is C1CCN(C2CC3C4CCC5CCC(N6CCOCC6)CC5(CCCC35CC25)C4)C1. The first-order chi connectivity index (χ1) is 14.8. The zero-order valence-corrected chi connectivity index (χ0v) is 19.2. The number of fused-ring (bicyclic) bond motifs is 2. The fourth-order valence-electron chi connectivity index (χ4n) is 10.5. The molecule has 30 heavy (non-hydrogen) atoms. The fraction of sp³-hybridized carbons (Fsp3) is 1.00. The second kappa shape index (κ2) is 7.19. The molecule has 2 bridgehead atoms. The summed E-state index contributed by atoms with van der Waals surface area (Å²) in [5.74, 6) is 4.32. The number of likely N-dealkylation sites (tertiary alicyclic amines) is 1. The molecule has 0 N–H and O–H groups in total. The van der Waals surface area contributed by atoms with Gasteiger partial charge in [-0.05, 0) is 125 Å². The molecule has 3 heteroatoms. The molecule has 2 heterocycles. The molecule has 8 atom stereocenters. The van der Waals surface area contributed by atoms with Crippen molar-refractivity contribution in [3.8, 4) is 0 Å². The molecule has 7 aliphatic rings. The Morgan fingerprint density at radius 1 is 0.700 bits per heavy atom. The predicted octanol–water partition coefficient (Wildman–Crippen LogP) is 4.95. The Morgan fingerprint density at radius 3 is 2.40 bits per heavy atom. The van der Waals surface area contributed by atoms with Gasteiger partial charge in [-0.1, -0.05) is 6.42 Å². The Morgan fingerprint density at radius 2 is 1.53 bits per heavy atom. The van der Waals surface area contributed by atoms with E-state index in [0.717, 1.165) is 54.4 Å². The Hall–Kier alpha value is -0.120. The van der Waals surface area contributed by atoms with Gasteiger partial charge in [0.15, 0.2) is 0 Å². The Bertz CT molecular complexity index is 655. The quantitative estimate of drug-likeness (QED) is 0.638. The standard InChI is InChI=1S/C27H44N2O/c1-2-11-29(10-1)25-16-23-20-4-5-21-6-7-22(28-12-14-30-15-13-28)18-26(21,17-20)8-3-9-27(23)19-24(25)27/h20-25H,1-19H2. The van der Waals surface area contributed by atoms with Gasteiger partial charge in [0.1, 0.15) is 0 Å². The summed E-state index contributed by atoms with van der Waals surface area (Å²) in [7, 11) is 0. The lowest BCUT2D eigenvalue weighted by Crippen LogP contribution is -2.52. The van der Waals surface area contributed by atoms with Gasteiger partial charge < -0.3 is 9.64 Å². The molecule has 168 valence electrons. The highest BCUT2D eigenvalue weighted by Gasteiger charge is 2.69. The molecule has 8 unspecified atom stereocenters. The van der Waals surface area contributed by atoms with E-state index < -0.39 is 0 Å². The second-order valence-corrected chi connectivity index (χ2v) is 12.7. The fourth-order valence-corrected chi connectivity index (χ4v) is 10.5. The molecule has 0 radical (unpaired) electrons. The first kappa shape index (κ1) is 19.4. The lowest BCUT2D eigenvalue weighted by atomic mass is 9.50. The summed E-state index contributed by atoms with van der Waals surface area (Å²) in [5.41, 5.74) is 1.52. The van der Waals surface area contributed by atoms with E-state index in [1.54, 1.807) is 51.4 Å². The van der Waals surface area contributed by atoms with Crippen molar-refractivity contribution in [3.05, 3.63) is 0 Å². The average molecular weight is 413 g/mol. The van der Waals surface area contributed by atoms with Gasteiger partial charge in [-0.25, -0.2) is 0 Å². The third-order valence-corrected chi connectivity index (χ3v) is 11.8. The van der Waals surface area contributed by atoms with Crippen LogP contribution in [-0.4, -0.2) is 61.3 Å². The van der Waals surface area contributed by atoms with Crippen LogP contribution >= 0.6 is 0 Å². The number of ether oxygens (including phenoxy) is 1. The summed E-state index contributed by atoms with van der Waals surface area (Å²) < 4.78 is 5.68. The lowest BCUT2D eigenvalue weighted by molar-refractivity contribution is -0.0751. The summed E-state index contributed by atoms with van der Waals surface area (Å²) in [6.07, 6.45) is 20.2. The van der Waals surface area contributed by atoms with Crippen LogP contribution in [0.2, 0.25) is 0 Å². The van der Waals surface area contributed by atoms with E-state index in [1.807, 2.05) is 0 Å². The molecule has 0 aromatic carbocycles. The number of hydrogen-bond acceptors (Lipinski definition) is 3. The van der Waals surface area contributed by atoms with Crippen molar-refractivity contribution in [3.63, 3.8) is 0 Å². The van der Waals surface area contributed by atoms with Crippen LogP contribution in [0.5, 0.6) is 0 Å². The summed E-state index contributed by atoms with van der Waals surface area (Å²) in [6, 6.07) is 1.85. The van der Waals surface area contributed by atoms with E-state index in [2.05, 4.69) is 9.80 Å². The molecule has 0 aromatic rings. The minimum atomic E-state index is 0.710. The Balaban J connectivity index is 1.12. The highest BCUT2D eigenvalue weighted by molar-refractivity contribution is 5.20. The molecule has 0 amide bonds. The van der Waals surface area contributed by atoms with Crippen LogP contribution in [0.1, 0.15) is 83.5 Å². The van der Waals surface area contributed by atoms with E-state index in [9.17, 15) is 0 Å². The van der Waals surface area contributed by atoms with Crippen LogP contribution in [-0.2, 0) is 4.74 Å². The minimum Gasteiger partial charge on any atom is -0.379 e. The molecular formula is C27H44N2O. The molecule has 7 fully saturated rings. The molecule has 7 rings (SSSR count). The topological polar surface area (TPSA) is 15.7 Å². The highest BCUT2D eigenvalue weighted by Crippen LogP contribution is 2.75. The maximum absolute atomic E-state index is 5.68. The second-order valence-electron chi connectivity index (χ2n) is 12.7. The lowest BCUT2D eigenvalue weighted by Gasteiger charge is -2.57. The van der Waals surface area contributed by atoms with E-state index in [1.165, 1.54) is 58.3 Å². The van der Waals surface area contributed by atoms with Crippen LogP contribution in [0.25, 0.3) is 0 Å². The maximum Gasteiger partial charge on any atom is 0.0594 e. The zero-order valence-electron chi connectivity index (χ0n) is 19.2. The number of rotatable bonds is 2. The van der Waals surface area contributed by atoms with Crippen LogP contribution in [0.15, 0.2) is 0 Å². The van der Waals surface area contributed by atoms with Gasteiger partial charge in [0.25, 0.3) is 0 Å². The first-order valence-electron chi connectivity index (χ1n) is 13.8. The van der Waals surface area contributed by atoms with Gasteiger partial charge >= 0.3 is 0 Å². The van der Waals surface area contributed by atoms with E-state index in [0.29, 0.717) is 5.41 Å². The molecule has 0 aromatic heterocycles. The molecule has 2 spiro atoms. The van der Waals surface area contributed by atoms with Crippen molar-refractivity contribution in [1.82, 2.24) is 9.80 Å². The van der Waals surface area contributed by atoms with Gasteiger partial charge in [-0.2, -0.15) is 0 Å². The molecule has 2 aliphatic heterocycles. The van der Waals surface area contributed by atoms with Crippen molar-refractivity contribution < 1.29 is 4.74 Å². The van der Waals surface area contributed by atoms with Crippen LogP contribution in [0, 0.1) is 34.5 Å². The number of hydrogen-bond donors (Lipinski definition) is 0. The van der Waals surface area contributed by atoms with Gasteiger partial charge in [0.05, 0.1) is 13.2 Å². The van der Waals surface area contributed by atoms with Gasteiger partial charge in [-0.15, -0.1) is 0 Å². The van der Waals surface area contributed by atoms with Gasteiger partial charge in [0.2, 0.25) is 0 Å². The zero-order chi connectivity index (χ0) is 19.8. The van der Waals surface area contributed by atoms with Crippen LogP contribution < -0.4 is 0 Å². The van der Waals surface area contributed by atoms with Crippen molar-refractivity contribution in [2.45, 2.75) is 95.6 Å². The predicted molar refractivity (Wildman–Crippen MR) is 120 cm³/mol. The first-order valence-corrected chi connectivity index (χ1v) is 13.8. The van der Waals surface area contributed by atoms with Crippen molar-refractivity contribution in [2.75, 3.05) is 39.4 Å². The summed E-state index contributed by atoms with van der Waals surface area (Å²) in [4.78, 5) is 5.77. The molecule has 5 aliphatic carbocycles. The van der Waals surface area contributed by atoms with Crippen molar-refractivity contribution >= 4 is 0 Å². The van der Waals surface area contributed by atoms with E-state index >= 15 is 0 Å². The normalized spacial score (nSPS) is 54.0. The Kier molecular flexibility index (Phi) is 4.64. The van der Waals surface area contributed by atoms with Gasteiger partial charge in [0, 0.05) is 25.2 Å². The van der Waals surface area contributed by atoms with Crippen molar-refractivity contribution in [1.29, 1.82) is 0 Å². The monoisotopic (exact) mass is 412 g/mol. The molecular weight excluding hydrogens is 368 g/mol. The largest absolute Gasteiger partial charge is 0.379 e. The smallest absolute Gasteiger partial charge is 0.0594 e. The molecule has 5 saturated carbocycles. The summed E-state index contributed by atoms with van der Waals surface area (Å²) >= 11 is 0. The summed E-state index contributed by atoms with van der Waals surface area (Å²) in [5, 5.41) is 0. The number of morpholine rings is 1. The average Bonchev–Trinajstić information content (AvgIpc) is 3.12.